The Balaban J connectivity index is 1.75. The molecule has 1 heterocycles. The van der Waals surface area contributed by atoms with Crippen LogP contribution >= 0.6 is 23.2 Å². The third-order valence-corrected chi connectivity index (χ3v) is 6.37. The van der Waals surface area contributed by atoms with E-state index in [0.29, 0.717) is 21.9 Å². The molecule has 0 unspecified atom stereocenters. The van der Waals surface area contributed by atoms with Crippen LogP contribution in [0, 0.1) is 5.92 Å². The third-order valence-electron chi connectivity index (χ3n) is 5.56. The maximum atomic E-state index is 6.52. The summed E-state index contributed by atoms with van der Waals surface area (Å²) in [6.45, 7) is 6.74. The van der Waals surface area contributed by atoms with E-state index in [9.17, 15) is 0 Å². The van der Waals surface area contributed by atoms with Gasteiger partial charge in [0.05, 0.1) is 21.8 Å². The number of nitrogens with one attached hydrogen (secondary N) is 1. The fraction of sp³-hybridized carbons (Fsp3) is 0.364. The molecule has 1 nitrogen and oxygen atoms in total. The summed E-state index contributed by atoms with van der Waals surface area (Å²) in [7, 11) is 0. The minimum Gasteiger partial charge on any atom is -0.376 e. The second kappa shape index (κ2) is 6.07. The van der Waals surface area contributed by atoms with Gasteiger partial charge in [-0.05, 0) is 40.5 Å². The maximum Gasteiger partial charge on any atom is 0.0826 e. The summed E-state index contributed by atoms with van der Waals surface area (Å²) in [4.78, 5) is 0. The van der Waals surface area contributed by atoms with Gasteiger partial charge >= 0.3 is 0 Å². The molecule has 2 aromatic carbocycles. The fourth-order valence-electron chi connectivity index (χ4n) is 4.12. The van der Waals surface area contributed by atoms with Crippen LogP contribution in [0.25, 0.3) is 0 Å². The van der Waals surface area contributed by atoms with Gasteiger partial charge in [0.1, 0.15) is 0 Å². The number of allylic oxidation sites excluding steroid dienone is 2. The van der Waals surface area contributed by atoms with Crippen LogP contribution in [-0.2, 0) is 5.41 Å². The summed E-state index contributed by atoms with van der Waals surface area (Å²) in [6, 6.07) is 13.3. The van der Waals surface area contributed by atoms with Crippen LogP contribution in [-0.4, -0.2) is 0 Å². The summed E-state index contributed by atoms with van der Waals surface area (Å²) in [5.41, 5.74) is 5.09. The molecule has 0 fully saturated rings. The number of anilines is 1. The molecule has 2 aromatic rings. The Morgan fingerprint density at radius 3 is 2.40 bits per heavy atom. The summed E-state index contributed by atoms with van der Waals surface area (Å²) in [5.74, 6) is 0.920. The molecule has 1 aliphatic heterocycles. The molecule has 0 radical (unpaired) electrons. The summed E-state index contributed by atoms with van der Waals surface area (Å²) < 4.78 is 0. The molecular formula is C22H23Cl2N. The lowest BCUT2D eigenvalue weighted by Crippen LogP contribution is -2.29. The first kappa shape index (κ1) is 17.0. The maximum absolute atomic E-state index is 6.52. The Morgan fingerprint density at radius 2 is 1.72 bits per heavy atom. The van der Waals surface area contributed by atoms with Crippen LogP contribution < -0.4 is 5.32 Å². The van der Waals surface area contributed by atoms with Gasteiger partial charge in [-0.25, -0.2) is 0 Å². The lowest BCUT2D eigenvalue weighted by molar-refractivity contribution is 0.425. The number of hydrogen-bond acceptors (Lipinski definition) is 1. The average molecular weight is 372 g/mol. The normalized spacial score (nSPS) is 24.6. The van der Waals surface area contributed by atoms with Crippen molar-refractivity contribution in [3.8, 4) is 0 Å². The van der Waals surface area contributed by atoms with E-state index < -0.39 is 0 Å². The van der Waals surface area contributed by atoms with Crippen molar-refractivity contribution in [3.63, 3.8) is 0 Å². The Hall–Kier alpha value is -1.44. The first-order valence-corrected chi connectivity index (χ1v) is 9.63. The Labute approximate surface area is 160 Å². The highest BCUT2D eigenvalue weighted by Gasteiger charge is 2.39. The minimum atomic E-state index is 0.166. The highest BCUT2D eigenvalue weighted by molar-refractivity contribution is 6.43. The van der Waals surface area contributed by atoms with Crippen molar-refractivity contribution in [3.05, 3.63) is 75.3 Å². The molecule has 1 aliphatic carbocycles. The van der Waals surface area contributed by atoms with Crippen molar-refractivity contribution in [1.82, 2.24) is 0 Å². The smallest absolute Gasteiger partial charge is 0.0826 e. The van der Waals surface area contributed by atoms with E-state index in [-0.39, 0.29) is 11.5 Å². The van der Waals surface area contributed by atoms with Crippen LogP contribution in [0.4, 0.5) is 5.69 Å². The van der Waals surface area contributed by atoms with Crippen molar-refractivity contribution < 1.29 is 0 Å². The second-order valence-corrected chi connectivity index (χ2v) is 8.96. The van der Waals surface area contributed by atoms with Gasteiger partial charge in [0.25, 0.3) is 0 Å². The molecule has 0 saturated heterocycles. The van der Waals surface area contributed by atoms with E-state index in [0.717, 1.165) is 12.1 Å². The van der Waals surface area contributed by atoms with Crippen LogP contribution in [0.2, 0.25) is 10.0 Å². The number of halogens is 2. The van der Waals surface area contributed by atoms with Crippen LogP contribution in [0.1, 0.15) is 55.8 Å². The molecule has 0 saturated carbocycles. The predicted molar refractivity (Wildman–Crippen MR) is 108 cm³/mol. The quantitative estimate of drug-likeness (QED) is 0.526. The molecule has 0 aromatic heterocycles. The van der Waals surface area contributed by atoms with Gasteiger partial charge in [0, 0.05) is 5.92 Å². The van der Waals surface area contributed by atoms with Crippen LogP contribution in [0.15, 0.2) is 48.6 Å². The molecule has 4 rings (SSSR count). The van der Waals surface area contributed by atoms with E-state index in [2.05, 4.69) is 68.6 Å². The van der Waals surface area contributed by atoms with Crippen LogP contribution in [0.5, 0.6) is 0 Å². The lowest BCUT2D eigenvalue weighted by atomic mass is 9.76. The van der Waals surface area contributed by atoms with Crippen molar-refractivity contribution in [2.24, 2.45) is 5.92 Å². The number of hydrogen-bond donors (Lipinski definition) is 1. The number of rotatable bonds is 1. The molecular weight excluding hydrogens is 349 g/mol. The molecule has 130 valence electrons. The Bertz CT molecular complexity index is 830. The summed E-state index contributed by atoms with van der Waals surface area (Å²) >= 11 is 12.8. The van der Waals surface area contributed by atoms with Crippen molar-refractivity contribution >= 4 is 28.9 Å². The van der Waals surface area contributed by atoms with E-state index in [1.54, 1.807) is 0 Å². The first-order valence-electron chi connectivity index (χ1n) is 8.88. The minimum absolute atomic E-state index is 0.166. The van der Waals surface area contributed by atoms with Gasteiger partial charge in [-0.2, -0.15) is 0 Å². The highest BCUT2D eigenvalue weighted by atomic mass is 35.5. The van der Waals surface area contributed by atoms with E-state index in [1.807, 2.05) is 6.07 Å². The van der Waals surface area contributed by atoms with Gasteiger partial charge in [0.2, 0.25) is 0 Å². The van der Waals surface area contributed by atoms with Crippen LogP contribution in [0.3, 0.4) is 0 Å². The van der Waals surface area contributed by atoms with Gasteiger partial charge in [-0.3, -0.25) is 0 Å². The molecule has 1 N–H and O–H groups in total. The van der Waals surface area contributed by atoms with Gasteiger partial charge in [-0.15, -0.1) is 0 Å². The molecule has 0 bridgehead atoms. The first-order chi connectivity index (χ1) is 11.9. The second-order valence-electron chi connectivity index (χ2n) is 8.17. The van der Waals surface area contributed by atoms with Crippen molar-refractivity contribution in [2.45, 2.75) is 44.6 Å². The average Bonchev–Trinajstić information content (AvgIpc) is 3.06. The summed E-state index contributed by atoms with van der Waals surface area (Å²) in [6.07, 6.45) is 5.71. The SMILES string of the molecule is CC(C)(C)c1ccc([C@@H]2Nc3c(ccc(Cl)c3Cl)[C@@H]3C=CC[C@H]32)cc1. The topological polar surface area (TPSA) is 12.0 Å². The third kappa shape index (κ3) is 2.88. The lowest BCUT2D eigenvalue weighted by Gasteiger charge is -2.38. The summed E-state index contributed by atoms with van der Waals surface area (Å²) in [5, 5.41) is 4.94. The Morgan fingerprint density at radius 1 is 1.00 bits per heavy atom. The van der Waals surface area contributed by atoms with E-state index >= 15 is 0 Å². The molecule has 0 amide bonds. The number of benzene rings is 2. The predicted octanol–water partition coefficient (Wildman–Crippen LogP) is 7.12. The standard InChI is InChI=1S/C22H23Cl2N/c1-22(2,3)14-9-7-13(8-10-14)20-16-6-4-5-15(16)17-11-12-18(23)19(24)21(17)25-20/h4-5,7-12,15-16,20,25H,6H2,1-3H3/t15-,16-,20+/m1/s1. The Kier molecular flexibility index (Phi) is 4.13. The zero-order chi connectivity index (χ0) is 17.8. The molecule has 3 heteroatoms. The highest BCUT2D eigenvalue weighted by Crippen LogP contribution is 2.52. The monoisotopic (exact) mass is 371 g/mol. The molecule has 25 heavy (non-hydrogen) atoms. The van der Waals surface area contributed by atoms with E-state index in [4.69, 9.17) is 23.2 Å². The molecule has 2 aliphatic rings. The molecule has 3 atom stereocenters. The van der Waals surface area contributed by atoms with Gasteiger partial charge < -0.3 is 5.32 Å². The zero-order valence-electron chi connectivity index (χ0n) is 14.8. The van der Waals surface area contributed by atoms with Crippen molar-refractivity contribution in [2.75, 3.05) is 5.32 Å². The van der Waals surface area contributed by atoms with E-state index in [1.165, 1.54) is 16.7 Å². The fourth-order valence-corrected chi connectivity index (χ4v) is 4.51. The largest absolute Gasteiger partial charge is 0.376 e. The molecule has 0 spiro atoms. The van der Waals surface area contributed by atoms with Crippen molar-refractivity contribution in [1.29, 1.82) is 0 Å². The van der Waals surface area contributed by atoms with Gasteiger partial charge in [-0.1, -0.05) is 86.5 Å². The zero-order valence-corrected chi connectivity index (χ0v) is 16.3. The number of fused-ring (bicyclic) bond motifs is 3. The van der Waals surface area contributed by atoms with Gasteiger partial charge in [0.15, 0.2) is 0 Å².